The van der Waals surface area contributed by atoms with Gasteiger partial charge in [0.15, 0.2) is 0 Å². The molecule has 0 atom stereocenters. The first-order valence-electron chi connectivity index (χ1n) is 7.05. The van der Waals surface area contributed by atoms with E-state index in [-0.39, 0.29) is 15.1 Å². The van der Waals surface area contributed by atoms with Crippen LogP contribution in [0.3, 0.4) is 0 Å². The number of allylic oxidation sites excluding steroid dienone is 2. The molecule has 9 nitrogen and oxygen atoms in total. The predicted molar refractivity (Wildman–Crippen MR) is 85.0 cm³/mol. The Morgan fingerprint density at radius 3 is 2.62 bits per heavy atom. The molecule has 0 amide bonds. The first kappa shape index (κ1) is 16.6. The van der Waals surface area contributed by atoms with E-state index in [0.29, 0.717) is 18.4 Å². The van der Waals surface area contributed by atoms with Crippen LogP contribution in [0.1, 0.15) is 25.7 Å². The molecule has 0 bridgehead atoms. The fraction of sp³-hybridized carbons (Fsp3) is 0.308. The van der Waals surface area contributed by atoms with Gasteiger partial charge < -0.3 is 0 Å². The average Bonchev–Trinajstić information content (AvgIpc) is 2.54. The smallest absolute Gasteiger partial charge is 0.258 e. The van der Waals surface area contributed by atoms with Gasteiger partial charge in [-0.3, -0.25) is 10.1 Å². The van der Waals surface area contributed by atoms with Crippen LogP contribution in [0, 0.1) is 10.1 Å². The van der Waals surface area contributed by atoms with Gasteiger partial charge in [0.05, 0.1) is 20.9 Å². The van der Waals surface area contributed by atoms with Gasteiger partial charge in [-0.2, -0.15) is 21.9 Å². The molecule has 128 valence electrons. The topological polar surface area (TPSA) is 127 Å². The first-order valence-corrected chi connectivity index (χ1v) is 9.93. The summed E-state index contributed by atoms with van der Waals surface area (Å²) in [7, 11) is -8.87. The number of nitrogens with zero attached hydrogens (tertiary/aromatic N) is 3. The molecule has 0 saturated carbocycles. The molecule has 0 unspecified atom stereocenters. The Morgan fingerprint density at radius 1 is 1.21 bits per heavy atom. The number of non-ortho nitro benzene ring substituents is 1. The summed E-state index contributed by atoms with van der Waals surface area (Å²) in [5.74, 6) is 0. The van der Waals surface area contributed by atoms with Crippen LogP contribution in [-0.2, 0) is 20.0 Å². The molecule has 0 spiro atoms. The van der Waals surface area contributed by atoms with E-state index in [4.69, 9.17) is 0 Å². The highest BCUT2D eigenvalue weighted by molar-refractivity contribution is 8.06. The summed E-state index contributed by atoms with van der Waals surface area (Å²) in [5.41, 5.74) is 0.0683. The number of benzene rings is 1. The van der Waals surface area contributed by atoms with Crippen molar-refractivity contribution in [1.29, 1.82) is 0 Å². The number of hydrogen-bond donors (Lipinski definition) is 0. The molecular formula is C13H13N3O6S2. The van der Waals surface area contributed by atoms with Gasteiger partial charge in [-0.05, 0) is 37.3 Å². The van der Waals surface area contributed by atoms with Crippen LogP contribution >= 0.6 is 0 Å². The molecule has 1 aliphatic carbocycles. The highest BCUT2D eigenvalue weighted by Crippen LogP contribution is 2.35. The maximum atomic E-state index is 12.6. The van der Waals surface area contributed by atoms with Crippen LogP contribution in [0.2, 0.25) is 0 Å². The second kappa shape index (κ2) is 5.67. The number of rotatable bonds is 3. The number of hydrazone groups is 1. The van der Waals surface area contributed by atoms with Crippen LogP contribution in [0.4, 0.5) is 5.69 Å². The molecule has 1 heterocycles. The molecular weight excluding hydrogens is 358 g/mol. The van der Waals surface area contributed by atoms with Gasteiger partial charge in [0.1, 0.15) is 0 Å². The minimum atomic E-state index is -4.57. The number of sulfonamides is 2. The van der Waals surface area contributed by atoms with E-state index in [2.05, 4.69) is 5.10 Å². The van der Waals surface area contributed by atoms with Gasteiger partial charge >= 0.3 is 0 Å². The van der Waals surface area contributed by atoms with Gasteiger partial charge in [0, 0.05) is 12.1 Å². The zero-order valence-electron chi connectivity index (χ0n) is 12.3. The van der Waals surface area contributed by atoms with E-state index in [0.717, 1.165) is 24.6 Å². The van der Waals surface area contributed by atoms with Gasteiger partial charge in [0.25, 0.3) is 25.7 Å². The molecule has 1 aromatic rings. The largest absolute Gasteiger partial charge is 0.293 e. The monoisotopic (exact) mass is 371 g/mol. The Labute approximate surface area is 138 Å². The van der Waals surface area contributed by atoms with E-state index in [9.17, 15) is 26.9 Å². The molecule has 0 saturated heterocycles. The predicted octanol–water partition coefficient (Wildman–Crippen LogP) is 1.74. The molecule has 0 N–H and O–H groups in total. The van der Waals surface area contributed by atoms with E-state index >= 15 is 0 Å². The minimum absolute atomic E-state index is 0.0535. The Kier molecular flexibility index (Phi) is 3.92. The third kappa shape index (κ3) is 2.59. The third-order valence-corrected chi connectivity index (χ3v) is 7.94. The SMILES string of the molecule is O=[N+]([O-])c1cccc(S(=O)(=O)N2N=CC3=C(CCCC3)S2(=O)=O)c1. The van der Waals surface area contributed by atoms with Crippen LogP contribution in [0.5, 0.6) is 0 Å². The molecule has 24 heavy (non-hydrogen) atoms. The molecule has 2 aliphatic rings. The van der Waals surface area contributed by atoms with E-state index in [1.807, 2.05) is 0 Å². The van der Waals surface area contributed by atoms with E-state index in [1.165, 1.54) is 12.3 Å². The van der Waals surface area contributed by atoms with Crippen molar-refractivity contribution < 1.29 is 21.8 Å². The Balaban J connectivity index is 2.09. The van der Waals surface area contributed by atoms with Gasteiger partial charge in [-0.25, -0.2) is 0 Å². The summed E-state index contributed by atoms with van der Waals surface area (Å²) in [6.45, 7) is 0. The Morgan fingerprint density at radius 2 is 1.92 bits per heavy atom. The van der Waals surface area contributed by atoms with E-state index in [1.54, 1.807) is 0 Å². The minimum Gasteiger partial charge on any atom is -0.258 e. The molecule has 0 fully saturated rings. The fourth-order valence-corrected chi connectivity index (χ4v) is 6.33. The normalized spacial score (nSPS) is 19.9. The van der Waals surface area contributed by atoms with Crippen LogP contribution in [0.15, 0.2) is 44.7 Å². The lowest BCUT2D eigenvalue weighted by atomic mass is 10.0. The van der Waals surface area contributed by atoms with Gasteiger partial charge in [-0.1, -0.05) is 9.89 Å². The lowest BCUT2D eigenvalue weighted by molar-refractivity contribution is -0.385. The molecule has 0 aromatic heterocycles. The van der Waals surface area contributed by atoms with Crippen LogP contribution < -0.4 is 0 Å². The summed E-state index contributed by atoms with van der Waals surface area (Å²) in [4.78, 5) is 9.61. The summed E-state index contributed by atoms with van der Waals surface area (Å²) >= 11 is 0. The average molecular weight is 371 g/mol. The van der Waals surface area contributed by atoms with Crippen molar-refractivity contribution in [3.8, 4) is 0 Å². The first-order chi connectivity index (χ1) is 11.2. The lowest BCUT2D eigenvalue weighted by Crippen LogP contribution is -2.37. The summed E-state index contributed by atoms with van der Waals surface area (Å²) in [6.07, 6.45) is 3.49. The number of hydrogen-bond acceptors (Lipinski definition) is 7. The number of nitro groups is 1. The highest BCUT2D eigenvalue weighted by Gasteiger charge is 2.41. The fourth-order valence-electron chi connectivity index (χ4n) is 2.64. The zero-order valence-corrected chi connectivity index (χ0v) is 14.0. The number of nitro benzene ring substituents is 1. The van der Waals surface area contributed by atoms with Gasteiger partial charge in [-0.15, -0.1) is 0 Å². The van der Waals surface area contributed by atoms with Crippen molar-refractivity contribution in [2.45, 2.75) is 30.6 Å². The van der Waals surface area contributed by atoms with Crippen molar-refractivity contribution in [1.82, 2.24) is 3.82 Å². The van der Waals surface area contributed by atoms with Crippen molar-refractivity contribution in [2.24, 2.45) is 5.10 Å². The Hall–Kier alpha value is -2.27. The molecule has 1 aliphatic heterocycles. The maximum absolute atomic E-state index is 12.6. The second-order valence-corrected chi connectivity index (χ2v) is 9.13. The van der Waals surface area contributed by atoms with Crippen molar-refractivity contribution in [3.05, 3.63) is 44.9 Å². The lowest BCUT2D eigenvalue weighted by Gasteiger charge is -2.27. The highest BCUT2D eigenvalue weighted by atomic mass is 32.3. The van der Waals surface area contributed by atoms with Crippen LogP contribution in [0.25, 0.3) is 0 Å². The zero-order chi connectivity index (χ0) is 17.5. The molecule has 1 aromatic carbocycles. The quantitative estimate of drug-likeness (QED) is 0.588. The summed E-state index contributed by atoms with van der Waals surface area (Å²) in [5, 5.41) is 14.4. The molecule has 3 rings (SSSR count). The van der Waals surface area contributed by atoms with Crippen molar-refractivity contribution >= 4 is 31.9 Å². The van der Waals surface area contributed by atoms with Crippen LogP contribution in [-0.4, -0.2) is 31.8 Å². The third-order valence-electron chi connectivity index (χ3n) is 3.81. The standard InChI is InChI=1S/C13H13N3O6S2/c17-15(18)11-5-3-6-12(8-11)23(19,20)16-14-9-10-4-1-2-7-13(10)24(16,21)22/h3,5-6,8-9H,1-2,4,7H2. The van der Waals surface area contributed by atoms with Crippen molar-refractivity contribution in [3.63, 3.8) is 0 Å². The second-order valence-electron chi connectivity index (χ2n) is 5.34. The summed E-state index contributed by atoms with van der Waals surface area (Å²) in [6, 6.07) is 4.20. The Bertz CT molecular complexity index is 979. The van der Waals surface area contributed by atoms with E-state index < -0.39 is 35.6 Å². The summed E-state index contributed by atoms with van der Waals surface area (Å²) < 4.78 is 50.6. The van der Waals surface area contributed by atoms with Crippen molar-refractivity contribution in [2.75, 3.05) is 0 Å². The maximum Gasteiger partial charge on any atom is 0.293 e. The van der Waals surface area contributed by atoms with Gasteiger partial charge in [0.2, 0.25) is 0 Å². The molecule has 11 heteroatoms. The molecule has 0 radical (unpaired) electrons.